The Morgan fingerprint density at radius 3 is 1.88 bits per heavy atom. The normalized spacial score (nSPS) is 19.3. The highest BCUT2D eigenvalue weighted by Crippen LogP contribution is 2.38. The third-order valence-electron chi connectivity index (χ3n) is 7.76. The molecule has 0 N–H and O–H groups in total. The zero-order valence-electron chi connectivity index (χ0n) is 26.9. The van der Waals surface area contributed by atoms with E-state index in [1.54, 1.807) is 9.47 Å². The van der Waals surface area contributed by atoms with Gasteiger partial charge in [0, 0.05) is 26.2 Å². The number of ether oxygens (including phenoxy) is 2. The molecule has 2 aliphatic heterocycles. The summed E-state index contributed by atoms with van der Waals surface area (Å²) in [5, 5.41) is 0. The fourth-order valence-corrected chi connectivity index (χ4v) is 5.07. The van der Waals surface area contributed by atoms with Crippen LogP contribution in [0.25, 0.3) is 11.0 Å². The molecule has 0 bridgehead atoms. The topological polar surface area (TPSA) is 95.4 Å². The van der Waals surface area contributed by atoms with Gasteiger partial charge in [-0.1, -0.05) is 13.8 Å². The second-order valence-corrected chi connectivity index (χ2v) is 14.3. The number of nitrogens with zero attached hydrogens (tertiary/aromatic N) is 4. The molecule has 0 radical (unpaired) electrons. The van der Waals surface area contributed by atoms with Gasteiger partial charge in [-0.3, -0.25) is 4.57 Å². The Labute approximate surface area is 244 Å². The van der Waals surface area contributed by atoms with Gasteiger partial charge < -0.3 is 28.6 Å². The number of rotatable bonds is 3. The Hall–Kier alpha value is -2.79. The van der Waals surface area contributed by atoms with E-state index >= 15 is 0 Å². The molecule has 11 heteroatoms. The maximum absolute atomic E-state index is 13.7. The van der Waals surface area contributed by atoms with E-state index in [0.717, 1.165) is 11.4 Å². The van der Waals surface area contributed by atoms with Crippen LogP contribution in [-0.4, -0.2) is 82.3 Å². The Kier molecular flexibility index (Phi) is 7.97. The predicted octanol–water partition coefficient (Wildman–Crippen LogP) is 5.30. The molecule has 2 aromatic rings. The lowest BCUT2D eigenvalue weighted by molar-refractivity contribution is 0.00578. The van der Waals surface area contributed by atoms with Gasteiger partial charge in [0.05, 0.1) is 27.8 Å². The first-order valence-electron chi connectivity index (χ1n) is 14.6. The summed E-state index contributed by atoms with van der Waals surface area (Å²) >= 11 is 0. The molecule has 226 valence electrons. The zero-order valence-corrected chi connectivity index (χ0v) is 26.9. The average Bonchev–Trinajstić information content (AvgIpc) is 3.26. The molecule has 2 aromatic heterocycles. The molecule has 10 nitrogen and oxygen atoms in total. The summed E-state index contributed by atoms with van der Waals surface area (Å²) in [6, 6.07) is 3.84. The Balaban J connectivity index is 1.76. The molecule has 0 aliphatic carbocycles. The Morgan fingerprint density at radius 1 is 0.878 bits per heavy atom. The lowest BCUT2D eigenvalue weighted by atomic mass is 9.78. The van der Waals surface area contributed by atoms with Crippen LogP contribution in [0.5, 0.6) is 0 Å². The summed E-state index contributed by atoms with van der Waals surface area (Å²) in [4.78, 5) is 35.3. The Bertz CT molecular complexity index is 1300. The van der Waals surface area contributed by atoms with Crippen LogP contribution in [0.2, 0.25) is 0 Å². The summed E-state index contributed by atoms with van der Waals surface area (Å²) in [6.45, 7) is 25.6. The van der Waals surface area contributed by atoms with Gasteiger partial charge >= 0.3 is 19.3 Å². The van der Waals surface area contributed by atoms with Gasteiger partial charge in [0.2, 0.25) is 0 Å². The molecule has 4 rings (SSSR count). The van der Waals surface area contributed by atoms with Crippen LogP contribution in [0.4, 0.5) is 15.4 Å². The molecular formula is C30H47BN4O6. The van der Waals surface area contributed by atoms with Gasteiger partial charge in [-0.2, -0.15) is 0 Å². The average molecular weight is 571 g/mol. The van der Waals surface area contributed by atoms with Crippen molar-refractivity contribution >= 4 is 41.7 Å². The van der Waals surface area contributed by atoms with E-state index in [9.17, 15) is 9.59 Å². The van der Waals surface area contributed by atoms with E-state index in [0.29, 0.717) is 42.8 Å². The highest BCUT2D eigenvalue weighted by molar-refractivity contribution is 6.63. The van der Waals surface area contributed by atoms with Crippen molar-refractivity contribution in [1.82, 2.24) is 14.5 Å². The number of hydrogen-bond acceptors (Lipinski definition) is 8. The molecule has 0 atom stereocenters. The molecule has 0 spiro atoms. The van der Waals surface area contributed by atoms with Crippen LogP contribution in [0.15, 0.2) is 12.1 Å². The summed E-state index contributed by atoms with van der Waals surface area (Å²) < 4.78 is 25.9. The van der Waals surface area contributed by atoms with Crippen LogP contribution in [0.1, 0.15) is 94.6 Å². The summed E-state index contributed by atoms with van der Waals surface area (Å²) in [6.07, 6.45) is -0.802. The molecule has 1 amide bonds. The molecular weight excluding hydrogens is 523 g/mol. The number of amides is 1. The van der Waals surface area contributed by atoms with Crippen molar-refractivity contribution in [2.24, 2.45) is 0 Å². The van der Waals surface area contributed by atoms with Gasteiger partial charge in [-0.15, -0.1) is 0 Å². The molecule has 2 fully saturated rings. The predicted molar refractivity (Wildman–Crippen MR) is 161 cm³/mol. The molecule has 4 heterocycles. The number of carbonyl (C=O) groups excluding carboxylic acids is 2. The van der Waals surface area contributed by atoms with E-state index in [-0.39, 0.29) is 12.0 Å². The van der Waals surface area contributed by atoms with E-state index in [1.807, 2.05) is 81.4 Å². The number of piperazine rings is 1. The van der Waals surface area contributed by atoms with Crippen molar-refractivity contribution in [2.75, 3.05) is 31.1 Å². The van der Waals surface area contributed by atoms with Crippen molar-refractivity contribution in [3.8, 4) is 0 Å². The first-order valence-corrected chi connectivity index (χ1v) is 14.6. The number of carbonyl (C=O) groups is 2. The Morgan fingerprint density at radius 2 is 1.39 bits per heavy atom. The minimum Gasteiger partial charge on any atom is -0.444 e. The van der Waals surface area contributed by atoms with Crippen molar-refractivity contribution in [2.45, 2.75) is 111 Å². The lowest BCUT2D eigenvalue weighted by Gasteiger charge is -2.36. The van der Waals surface area contributed by atoms with Crippen molar-refractivity contribution in [3.63, 3.8) is 0 Å². The fourth-order valence-electron chi connectivity index (χ4n) is 5.07. The number of aromatic nitrogens is 2. The van der Waals surface area contributed by atoms with E-state index < -0.39 is 35.6 Å². The maximum Gasteiger partial charge on any atom is 0.513 e. The molecule has 0 saturated carbocycles. The highest BCUT2D eigenvalue weighted by Gasteiger charge is 2.54. The highest BCUT2D eigenvalue weighted by atomic mass is 16.7. The molecule has 2 aliphatic rings. The van der Waals surface area contributed by atoms with E-state index in [2.05, 4.69) is 18.7 Å². The second kappa shape index (κ2) is 10.5. The molecule has 0 unspecified atom stereocenters. The number of hydrogen-bond donors (Lipinski definition) is 0. The van der Waals surface area contributed by atoms with Crippen LogP contribution in [-0.2, 0) is 18.8 Å². The lowest BCUT2D eigenvalue weighted by Crippen LogP contribution is -2.50. The number of fused-ring (bicyclic) bond motifs is 1. The van der Waals surface area contributed by atoms with Crippen LogP contribution in [0.3, 0.4) is 0 Å². The van der Waals surface area contributed by atoms with Crippen molar-refractivity contribution in [1.29, 1.82) is 0 Å². The molecule has 0 aromatic carbocycles. The van der Waals surface area contributed by atoms with E-state index in [1.165, 1.54) is 0 Å². The number of pyridine rings is 1. The van der Waals surface area contributed by atoms with Gasteiger partial charge in [-0.25, -0.2) is 14.6 Å². The minimum atomic E-state index is -0.778. The van der Waals surface area contributed by atoms with Crippen LogP contribution in [0, 0.1) is 0 Å². The summed E-state index contributed by atoms with van der Waals surface area (Å²) in [5.41, 5.74) is 0.443. The van der Waals surface area contributed by atoms with Crippen LogP contribution < -0.4 is 10.5 Å². The first kappa shape index (κ1) is 31.2. The third kappa shape index (κ3) is 6.36. The fraction of sp³-hybridized carbons (Fsp3) is 0.700. The molecule has 2 saturated heterocycles. The van der Waals surface area contributed by atoms with Gasteiger partial charge in [0.1, 0.15) is 17.0 Å². The third-order valence-corrected chi connectivity index (χ3v) is 7.76. The number of anilines is 1. The van der Waals surface area contributed by atoms with Crippen LogP contribution >= 0.6 is 0 Å². The molecule has 41 heavy (non-hydrogen) atoms. The smallest absolute Gasteiger partial charge is 0.444 e. The summed E-state index contributed by atoms with van der Waals surface area (Å²) in [7, 11) is -0.778. The SMILES string of the molecule is CC(C)c1c(B2OC(C)(C)C(C)(C)O2)n(C(=O)OC(C)(C)C)c2ccc(N3CCN(C(=O)OC(C)(C)C)CC3)nc12. The van der Waals surface area contributed by atoms with Gasteiger partial charge in [0.25, 0.3) is 0 Å². The van der Waals surface area contributed by atoms with Crippen molar-refractivity contribution in [3.05, 3.63) is 17.7 Å². The quantitative estimate of drug-likeness (QED) is 0.459. The minimum absolute atomic E-state index is 0.0157. The summed E-state index contributed by atoms with van der Waals surface area (Å²) in [5.74, 6) is 0.798. The van der Waals surface area contributed by atoms with Gasteiger partial charge in [-0.05, 0) is 92.9 Å². The standard InChI is InChI=1S/C30H47BN4O6/c1-19(2)22-23-20(13-14-21(32-23)33-15-17-34(18-16-33)25(36)38-27(3,4)5)35(26(37)39-28(6,7)8)24(22)31-40-29(9,10)30(11,12)41-31/h13-14,19H,15-18H2,1-12H3. The van der Waals surface area contributed by atoms with Gasteiger partial charge in [0.15, 0.2) is 0 Å². The zero-order chi connectivity index (χ0) is 30.7. The largest absolute Gasteiger partial charge is 0.513 e. The van der Waals surface area contributed by atoms with E-state index in [4.69, 9.17) is 23.8 Å². The first-order chi connectivity index (χ1) is 18.7. The maximum atomic E-state index is 13.7. The second-order valence-electron chi connectivity index (χ2n) is 14.3. The monoisotopic (exact) mass is 570 g/mol. The van der Waals surface area contributed by atoms with Crippen molar-refractivity contribution < 1.29 is 28.4 Å².